The predicted octanol–water partition coefficient (Wildman–Crippen LogP) is 3.00. The fourth-order valence-corrected chi connectivity index (χ4v) is 2.37. The third-order valence-corrected chi connectivity index (χ3v) is 3.32. The van der Waals surface area contributed by atoms with Gasteiger partial charge in [-0.3, -0.25) is 0 Å². The minimum Gasteiger partial charge on any atom is -0.368 e. The summed E-state index contributed by atoms with van der Waals surface area (Å²) in [4.78, 5) is 12.0. The average molecular weight is 274 g/mol. The number of halogens is 3. The first kappa shape index (κ1) is 14.0. The van der Waals surface area contributed by atoms with Gasteiger partial charge in [0.15, 0.2) is 0 Å². The third-order valence-electron chi connectivity index (χ3n) is 3.32. The molecule has 1 saturated carbocycles. The highest BCUT2D eigenvalue weighted by molar-refractivity contribution is 5.18. The molecule has 7 heteroatoms. The third kappa shape index (κ3) is 4.33. The van der Waals surface area contributed by atoms with E-state index in [2.05, 4.69) is 15.0 Å². The van der Waals surface area contributed by atoms with Crippen LogP contribution in [0.25, 0.3) is 0 Å². The highest BCUT2D eigenvalue weighted by atomic mass is 19.4. The molecule has 1 aromatic rings. The lowest BCUT2D eigenvalue weighted by Gasteiger charge is -2.20. The first-order valence-electron chi connectivity index (χ1n) is 6.51. The van der Waals surface area contributed by atoms with E-state index in [4.69, 9.17) is 5.73 Å². The number of aryl methyl sites for hydroxylation is 1. The SMILES string of the molecule is Nc1nc(CCC(F)(F)F)nc(C2CCCCC2)n1. The molecule has 0 spiro atoms. The van der Waals surface area contributed by atoms with Crippen molar-refractivity contribution in [2.75, 3.05) is 5.73 Å². The van der Waals surface area contributed by atoms with Gasteiger partial charge in [-0.2, -0.15) is 23.1 Å². The lowest BCUT2D eigenvalue weighted by atomic mass is 9.89. The molecule has 1 aromatic heterocycles. The van der Waals surface area contributed by atoms with Gasteiger partial charge in [0.1, 0.15) is 11.6 Å². The van der Waals surface area contributed by atoms with Crippen molar-refractivity contribution >= 4 is 5.95 Å². The molecule has 0 aromatic carbocycles. The van der Waals surface area contributed by atoms with E-state index in [1.165, 1.54) is 6.42 Å². The van der Waals surface area contributed by atoms with E-state index in [1.807, 2.05) is 0 Å². The molecule has 0 aliphatic heterocycles. The van der Waals surface area contributed by atoms with E-state index in [9.17, 15) is 13.2 Å². The summed E-state index contributed by atoms with van der Waals surface area (Å²) in [7, 11) is 0. The average Bonchev–Trinajstić information content (AvgIpc) is 2.36. The van der Waals surface area contributed by atoms with Crippen molar-refractivity contribution in [3.63, 3.8) is 0 Å². The van der Waals surface area contributed by atoms with Crippen molar-refractivity contribution in [3.8, 4) is 0 Å². The van der Waals surface area contributed by atoms with Gasteiger partial charge in [-0.05, 0) is 12.8 Å². The Hall–Kier alpha value is -1.40. The second kappa shape index (κ2) is 5.71. The maximum atomic E-state index is 12.2. The Bertz CT molecular complexity index is 427. The molecule has 1 heterocycles. The topological polar surface area (TPSA) is 64.7 Å². The predicted molar refractivity (Wildman–Crippen MR) is 64.4 cm³/mol. The van der Waals surface area contributed by atoms with E-state index in [0.717, 1.165) is 25.7 Å². The van der Waals surface area contributed by atoms with Crippen molar-refractivity contribution in [1.82, 2.24) is 15.0 Å². The molecule has 0 radical (unpaired) electrons. The highest BCUT2D eigenvalue weighted by Gasteiger charge is 2.27. The monoisotopic (exact) mass is 274 g/mol. The lowest BCUT2D eigenvalue weighted by molar-refractivity contribution is -0.134. The number of hydrogen-bond acceptors (Lipinski definition) is 4. The van der Waals surface area contributed by atoms with Crippen molar-refractivity contribution in [2.45, 2.75) is 57.0 Å². The molecule has 1 fully saturated rings. The zero-order chi connectivity index (χ0) is 13.9. The van der Waals surface area contributed by atoms with Crippen LogP contribution >= 0.6 is 0 Å². The Morgan fingerprint density at radius 3 is 2.37 bits per heavy atom. The fourth-order valence-electron chi connectivity index (χ4n) is 2.37. The summed E-state index contributed by atoms with van der Waals surface area (Å²) in [6.45, 7) is 0. The zero-order valence-electron chi connectivity index (χ0n) is 10.6. The fraction of sp³-hybridized carbons (Fsp3) is 0.750. The summed E-state index contributed by atoms with van der Waals surface area (Å²) in [5.74, 6) is 0.936. The van der Waals surface area contributed by atoms with Gasteiger partial charge in [0.25, 0.3) is 0 Å². The largest absolute Gasteiger partial charge is 0.389 e. The number of hydrogen-bond donors (Lipinski definition) is 1. The number of nitrogens with zero attached hydrogens (tertiary/aromatic N) is 3. The zero-order valence-corrected chi connectivity index (χ0v) is 10.6. The van der Waals surface area contributed by atoms with Gasteiger partial charge >= 0.3 is 6.18 Å². The van der Waals surface area contributed by atoms with Gasteiger partial charge in [-0.15, -0.1) is 0 Å². The number of nitrogen functional groups attached to an aromatic ring is 1. The molecule has 19 heavy (non-hydrogen) atoms. The van der Waals surface area contributed by atoms with E-state index in [1.54, 1.807) is 0 Å². The van der Waals surface area contributed by atoms with Crippen molar-refractivity contribution in [3.05, 3.63) is 11.6 Å². The molecule has 1 aliphatic rings. The van der Waals surface area contributed by atoms with Gasteiger partial charge < -0.3 is 5.73 Å². The molecule has 0 amide bonds. The normalized spacial score (nSPS) is 17.6. The summed E-state index contributed by atoms with van der Waals surface area (Å²) in [6, 6.07) is 0. The number of anilines is 1. The van der Waals surface area contributed by atoms with E-state index in [-0.39, 0.29) is 24.1 Å². The lowest BCUT2D eigenvalue weighted by Crippen LogP contribution is -2.15. The van der Waals surface area contributed by atoms with Gasteiger partial charge in [-0.25, -0.2) is 4.98 Å². The van der Waals surface area contributed by atoms with Crippen molar-refractivity contribution in [1.29, 1.82) is 0 Å². The van der Waals surface area contributed by atoms with Crippen LogP contribution in [0.5, 0.6) is 0 Å². The first-order chi connectivity index (χ1) is 8.94. The molecule has 4 nitrogen and oxygen atoms in total. The van der Waals surface area contributed by atoms with Crippen LogP contribution in [0.15, 0.2) is 0 Å². The summed E-state index contributed by atoms with van der Waals surface area (Å²) in [6.07, 6.45) is -0.0203. The molecule has 0 atom stereocenters. The molecule has 0 unspecified atom stereocenters. The summed E-state index contributed by atoms with van der Waals surface area (Å²) >= 11 is 0. The molecule has 2 rings (SSSR count). The van der Waals surface area contributed by atoms with Gasteiger partial charge in [0, 0.05) is 12.3 Å². The van der Waals surface area contributed by atoms with E-state index >= 15 is 0 Å². The van der Waals surface area contributed by atoms with Crippen LogP contribution in [0.4, 0.5) is 19.1 Å². The smallest absolute Gasteiger partial charge is 0.368 e. The van der Waals surface area contributed by atoms with Crippen molar-refractivity contribution in [2.24, 2.45) is 0 Å². The molecule has 0 bridgehead atoms. The van der Waals surface area contributed by atoms with Crippen LogP contribution in [0.3, 0.4) is 0 Å². The van der Waals surface area contributed by atoms with Crippen LogP contribution in [0, 0.1) is 0 Å². The Morgan fingerprint density at radius 2 is 1.74 bits per heavy atom. The molecule has 0 saturated heterocycles. The van der Waals surface area contributed by atoms with Crippen LogP contribution < -0.4 is 5.73 Å². The molecule has 1 aliphatic carbocycles. The maximum Gasteiger partial charge on any atom is 0.389 e. The number of rotatable bonds is 3. The van der Waals surface area contributed by atoms with Crippen molar-refractivity contribution < 1.29 is 13.2 Å². The Kier molecular flexibility index (Phi) is 4.21. The minimum atomic E-state index is -4.20. The van der Waals surface area contributed by atoms with E-state index < -0.39 is 12.6 Å². The summed E-state index contributed by atoms with van der Waals surface area (Å²) < 4.78 is 36.6. The minimum absolute atomic E-state index is 0.0211. The second-order valence-electron chi connectivity index (χ2n) is 4.92. The Balaban J connectivity index is 2.10. The van der Waals surface area contributed by atoms with Crippen LogP contribution in [-0.2, 0) is 6.42 Å². The molecular formula is C12H17F3N4. The number of alkyl halides is 3. The summed E-state index contributed by atoms with van der Waals surface area (Å²) in [5, 5.41) is 0. The number of nitrogens with two attached hydrogens (primary N) is 1. The van der Waals surface area contributed by atoms with Crippen LogP contribution in [-0.4, -0.2) is 21.1 Å². The van der Waals surface area contributed by atoms with Gasteiger partial charge in [-0.1, -0.05) is 19.3 Å². The van der Waals surface area contributed by atoms with Crippen LogP contribution in [0.1, 0.15) is 56.1 Å². The Labute approximate surface area is 109 Å². The maximum absolute atomic E-state index is 12.2. The van der Waals surface area contributed by atoms with E-state index in [0.29, 0.717) is 5.82 Å². The number of aromatic nitrogens is 3. The molecular weight excluding hydrogens is 257 g/mol. The second-order valence-corrected chi connectivity index (χ2v) is 4.92. The van der Waals surface area contributed by atoms with Gasteiger partial charge in [0.05, 0.1) is 6.42 Å². The quantitative estimate of drug-likeness (QED) is 0.920. The molecule has 106 valence electrons. The molecule has 2 N–H and O–H groups in total. The first-order valence-corrected chi connectivity index (χ1v) is 6.51. The summed E-state index contributed by atoms with van der Waals surface area (Å²) in [5.41, 5.74) is 5.56. The van der Waals surface area contributed by atoms with Crippen LogP contribution in [0.2, 0.25) is 0 Å². The van der Waals surface area contributed by atoms with Gasteiger partial charge in [0.2, 0.25) is 5.95 Å². The standard InChI is InChI=1S/C12H17F3N4/c13-12(14,15)7-6-9-17-10(19-11(16)18-9)8-4-2-1-3-5-8/h8H,1-7H2,(H2,16,17,18,19). The Morgan fingerprint density at radius 1 is 1.05 bits per heavy atom. The highest BCUT2D eigenvalue weighted by Crippen LogP contribution is 2.31.